The number of aliphatic hydroxyl groups excluding tert-OH is 2. The number of guanidine groups is 1. The highest BCUT2D eigenvalue weighted by Crippen LogP contribution is 2.40. The first-order valence-electron chi connectivity index (χ1n) is 6.76. The SMILES string of the molecule is C=C1NC(N)=Nc2c1ncn2[C@@H]1O[C@H](COP(=O)(O)O)[C@@H](O)C1O. The summed E-state index contributed by atoms with van der Waals surface area (Å²) in [4.78, 5) is 25.6. The minimum Gasteiger partial charge on any atom is -0.387 e. The molecule has 3 heterocycles. The average molecular weight is 361 g/mol. The van der Waals surface area contributed by atoms with E-state index in [1.54, 1.807) is 0 Å². The largest absolute Gasteiger partial charge is 0.469 e. The quantitative estimate of drug-likeness (QED) is 0.332. The van der Waals surface area contributed by atoms with Gasteiger partial charge in [0, 0.05) is 0 Å². The molecule has 0 aliphatic carbocycles. The van der Waals surface area contributed by atoms with E-state index in [2.05, 4.69) is 26.4 Å². The molecule has 0 radical (unpaired) electrons. The van der Waals surface area contributed by atoms with E-state index in [1.165, 1.54) is 10.9 Å². The lowest BCUT2D eigenvalue weighted by molar-refractivity contribution is -0.0512. The summed E-state index contributed by atoms with van der Waals surface area (Å²) in [6.07, 6.45) is -3.74. The maximum atomic E-state index is 10.8. The van der Waals surface area contributed by atoms with Gasteiger partial charge in [-0.05, 0) is 0 Å². The number of imidazole rings is 1. The van der Waals surface area contributed by atoms with E-state index in [0.717, 1.165) is 0 Å². The molecule has 2 aliphatic heterocycles. The molecule has 1 aromatic rings. The van der Waals surface area contributed by atoms with Gasteiger partial charge in [0.2, 0.25) is 0 Å². The number of nitrogens with one attached hydrogen (secondary N) is 1. The van der Waals surface area contributed by atoms with Crippen LogP contribution in [0.5, 0.6) is 0 Å². The minimum absolute atomic E-state index is 0.0728. The summed E-state index contributed by atoms with van der Waals surface area (Å²) >= 11 is 0. The molecule has 132 valence electrons. The van der Waals surface area contributed by atoms with Crippen LogP contribution in [0.3, 0.4) is 0 Å². The molecular weight excluding hydrogens is 345 g/mol. The molecule has 0 aromatic carbocycles. The fraction of sp³-hybridized carbons (Fsp3) is 0.455. The van der Waals surface area contributed by atoms with Crippen LogP contribution in [0.1, 0.15) is 11.9 Å². The molecule has 0 spiro atoms. The van der Waals surface area contributed by atoms with Crippen LogP contribution in [0.15, 0.2) is 17.9 Å². The van der Waals surface area contributed by atoms with Crippen LogP contribution in [-0.4, -0.2) is 60.4 Å². The van der Waals surface area contributed by atoms with Crippen molar-refractivity contribution in [3.63, 3.8) is 0 Å². The summed E-state index contributed by atoms with van der Waals surface area (Å²) in [5, 5.41) is 22.9. The zero-order chi connectivity index (χ0) is 17.6. The third-order valence-corrected chi connectivity index (χ3v) is 4.06. The number of phosphoric ester groups is 1. The smallest absolute Gasteiger partial charge is 0.387 e. The van der Waals surface area contributed by atoms with Crippen molar-refractivity contribution in [2.75, 3.05) is 6.61 Å². The topological polar surface area (TPSA) is 185 Å². The molecule has 0 bridgehead atoms. The number of aliphatic imine (C=N–C) groups is 1. The van der Waals surface area contributed by atoms with Gasteiger partial charge in [-0.1, -0.05) is 6.58 Å². The highest BCUT2D eigenvalue weighted by atomic mass is 31.2. The van der Waals surface area contributed by atoms with Gasteiger partial charge in [0.05, 0.1) is 18.6 Å². The summed E-state index contributed by atoms with van der Waals surface area (Å²) in [5.74, 6) is 0.340. The van der Waals surface area contributed by atoms with Gasteiger partial charge in [-0.25, -0.2) is 9.55 Å². The van der Waals surface area contributed by atoms with Crippen LogP contribution in [0.2, 0.25) is 0 Å². The van der Waals surface area contributed by atoms with E-state index in [9.17, 15) is 14.8 Å². The molecule has 12 nitrogen and oxygen atoms in total. The number of fused-ring (bicyclic) bond motifs is 1. The molecule has 0 saturated carbocycles. The molecular formula is C11H16N5O7P. The predicted octanol–water partition coefficient (Wildman–Crippen LogP) is -1.87. The van der Waals surface area contributed by atoms with E-state index in [4.69, 9.17) is 20.3 Å². The van der Waals surface area contributed by atoms with Crippen molar-refractivity contribution in [2.24, 2.45) is 10.7 Å². The van der Waals surface area contributed by atoms with Crippen LogP contribution >= 0.6 is 7.82 Å². The van der Waals surface area contributed by atoms with Crippen molar-refractivity contribution in [3.8, 4) is 0 Å². The normalized spacial score (nSPS) is 30.0. The lowest BCUT2D eigenvalue weighted by Gasteiger charge is -2.20. The summed E-state index contributed by atoms with van der Waals surface area (Å²) in [6.45, 7) is 3.14. The van der Waals surface area contributed by atoms with Gasteiger partial charge in [-0.2, -0.15) is 4.99 Å². The Morgan fingerprint density at radius 2 is 2.17 bits per heavy atom. The van der Waals surface area contributed by atoms with Gasteiger partial charge in [-0.3, -0.25) is 9.09 Å². The van der Waals surface area contributed by atoms with Gasteiger partial charge in [0.1, 0.15) is 24.0 Å². The standard InChI is InChI=1S/C11H16N5O7P/c1-4-6-9(15-11(12)14-4)16(3-13-6)10-8(18)7(17)5(23-10)2-22-24(19,20)21/h3,5,7-8,10,17-18H,1-2H2,(H3,12,14,15)(H2,19,20,21)/t5-,7-,8?,10-/m1/s1. The maximum absolute atomic E-state index is 10.8. The molecule has 4 atom stereocenters. The number of ether oxygens (including phenoxy) is 1. The fourth-order valence-corrected chi connectivity index (χ4v) is 2.83. The number of hydrogen-bond donors (Lipinski definition) is 6. The fourth-order valence-electron chi connectivity index (χ4n) is 2.49. The van der Waals surface area contributed by atoms with E-state index >= 15 is 0 Å². The molecule has 13 heteroatoms. The Bertz CT molecular complexity index is 743. The summed E-state index contributed by atoms with van der Waals surface area (Å²) in [7, 11) is -4.73. The Kier molecular flexibility index (Phi) is 4.21. The molecule has 1 saturated heterocycles. The van der Waals surface area contributed by atoms with Crippen molar-refractivity contribution in [1.29, 1.82) is 0 Å². The number of nitrogens with two attached hydrogens (primary N) is 1. The van der Waals surface area contributed by atoms with E-state index in [-0.39, 0.29) is 11.8 Å². The highest BCUT2D eigenvalue weighted by molar-refractivity contribution is 7.46. The number of nitrogens with zero attached hydrogens (tertiary/aromatic N) is 3. The molecule has 1 unspecified atom stereocenters. The summed E-state index contributed by atoms with van der Waals surface area (Å²) in [5.41, 5.74) is 6.43. The molecule has 1 aromatic heterocycles. The Morgan fingerprint density at radius 3 is 2.83 bits per heavy atom. The lowest BCUT2D eigenvalue weighted by atomic mass is 10.1. The number of aromatic nitrogens is 2. The number of hydrogen-bond acceptors (Lipinski definition) is 9. The molecule has 2 aliphatic rings. The Hall–Kier alpha value is -1.79. The van der Waals surface area contributed by atoms with Crippen molar-refractivity contribution < 1.29 is 33.8 Å². The molecule has 3 rings (SSSR count). The zero-order valence-electron chi connectivity index (χ0n) is 12.2. The minimum atomic E-state index is -4.73. The van der Waals surface area contributed by atoms with Gasteiger partial charge < -0.3 is 35.8 Å². The van der Waals surface area contributed by atoms with Crippen LogP contribution in [0, 0.1) is 0 Å². The lowest BCUT2D eigenvalue weighted by Crippen LogP contribution is -2.34. The second-order valence-electron chi connectivity index (χ2n) is 5.26. The second-order valence-corrected chi connectivity index (χ2v) is 6.50. The number of phosphoric acid groups is 1. The Morgan fingerprint density at radius 1 is 1.46 bits per heavy atom. The predicted molar refractivity (Wildman–Crippen MR) is 79.6 cm³/mol. The monoisotopic (exact) mass is 361 g/mol. The van der Waals surface area contributed by atoms with Crippen LogP contribution in [-0.2, 0) is 13.8 Å². The molecule has 24 heavy (non-hydrogen) atoms. The van der Waals surface area contributed by atoms with Crippen LogP contribution in [0.4, 0.5) is 5.82 Å². The van der Waals surface area contributed by atoms with Crippen LogP contribution in [0.25, 0.3) is 5.70 Å². The molecule has 7 N–H and O–H groups in total. The van der Waals surface area contributed by atoms with Crippen molar-refractivity contribution >= 4 is 25.3 Å². The maximum Gasteiger partial charge on any atom is 0.469 e. The third kappa shape index (κ3) is 3.08. The molecule has 0 amide bonds. The van der Waals surface area contributed by atoms with Gasteiger partial charge in [0.15, 0.2) is 18.0 Å². The van der Waals surface area contributed by atoms with Gasteiger partial charge in [-0.15, -0.1) is 0 Å². The van der Waals surface area contributed by atoms with Crippen molar-refractivity contribution in [3.05, 3.63) is 18.6 Å². The first kappa shape index (κ1) is 17.0. The molecule has 1 fully saturated rings. The number of aliphatic hydroxyl groups is 2. The number of rotatable bonds is 4. The van der Waals surface area contributed by atoms with E-state index < -0.39 is 39.0 Å². The van der Waals surface area contributed by atoms with Crippen LogP contribution < -0.4 is 11.1 Å². The van der Waals surface area contributed by atoms with Gasteiger partial charge in [0.25, 0.3) is 0 Å². The Labute approximate surface area is 135 Å². The average Bonchev–Trinajstić information content (AvgIpc) is 3.00. The van der Waals surface area contributed by atoms with E-state index in [0.29, 0.717) is 11.4 Å². The third-order valence-electron chi connectivity index (χ3n) is 3.58. The first-order chi connectivity index (χ1) is 11.2. The summed E-state index contributed by atoms with van der Waals surface area (Å²) < 4.78 is 21.9. The Balaban J connectivity index is 1.84. The first-order valence-corrected chi connectivity index (χ1v) is 8.29. The van der Waals surface area contributed by atoms with E-state index in [1.807, 2.05) is 0 Å². The van der Waals surface area contributed by atoms with Crippen molar-refractivity contribution in [1.82, 2.24) is 14.9 Å². The zero-order valence-corrected chi connectivity index (χ0v) is 13.1. The van der Waals surface area contributed by atoms with Gasteiger partial charge >= 0.3 is 7.82 Å². The summed E-state index contributed by atoms with van der Waals surface area (Å²) in [6, 6.07) is 0. The van der Waals surface area contributed by atoms with Crippen molar-refractivity contribution in [2.45, 2.75) is 24.5 Å². The second kappa shape index (κ2) is 5.93. The highest BCUT2D eigenvalue weighted by Gasteiger charge is 2.45.